The van der Waals surface area contributed by atoms with Crippen LogP contribution < -0.4 is 9.64 Å². The number of ether oxygens (including phenoxy) is 2. The van der Waals surface area contributed by atoms with E-state index in [1.54, 1.807) is 13.0 Å². The summed E-state index contributed by atoms with van der Waals surface area (Å²) in [6.45, 7) is 1.38. The Kier molecular flexibility index (Phi) is 7.69. The van der Waals surface area contributed by atoms with E-state index in [1.165, 1.54) is 0 Å². The van der Waals surface area contributed by atoms with E-state index >= 15 is 0 Å². The van der Waals surface area contributed by atoms with E-state index in [0.29, 0.717) is 37.8 Å². The first kappa shape index (κ1) is 24.1. The normalized spacial score (nSPS) is 27.8. The van der Waals surface area contributed by atoms with Crippen molar-refractivity contribution in [1.82, 2.24) is 4.90 Å². The van der Waals surface area contributed by atoms with E-state index < -0.39 is 12.2 Å². The van der Waals surface area contributed by atoms with E-state index in [0.717, 1.165) is 31.5 Å². The smallest absolute Gasteiger partial charge is 0.387 e. The highest BCUT2D eigenvalue weighted by molar-refractivity contribution is 5.54. The zero-order chi connectivity index (χ0) is 23.4. The van der Waals surface area contributed by atoms with Crippen LogP contribution in [0, 0.1) is 11.8 Å². The third-order valence-corrected chi connectivity index (χ3v) is 7.07. The summed E-state index contributed by atoms with van der Waals surface area (Å²) in [6, 6.07) is 5.45. The molecule has 4 rings (SSSR count). The molecule has 1 aromatic carbocycles. The van der Waals surface area contributed by atoms with Crippen LogP contribution in [0.25, 0.3) is 0 Å². The summed E-state index contributed by atoms with van der Waals surface area (Å²) < 4.78 is 37.3. The zero-order valence-electron chi connectivity index (χ0n) is 19.1. The lowest BCUT2D eigenvalue weighted by Gasteiger charge is -2.39. The fourth-order valence-electron chi connectivity index (χ4n) is 4.98. The number of halogens is 2. The molecule has 0 spiro atoms. The van der Waals surface area contributed by atoms with Crippen molar-refractivity contribution in [3.8, 4) is 5.75 Å². The quantitative estimate of drug-likeness (QED) is 0.614. The van der Waals surface area contributed by atoms with Crippen LogP contribution in [0.5, 0.6) is 5.75 Å². The van der Waals surface area contributed by atoms with E-state index in [2.05, 4.69) is 17.1 Å². The first-order valence-corrected chi connectivity index (χ1v) is 11.7. The number of benzene rings is 1. The second-order valence-corrected chi connectivity index (χ2v) is 9.53. The number of alkyl halides is 2. The van der Waals surface area contributed by atoms with Gasteiger partial charge in [0.15, 0.2) is 0 Å². The van der Waals surface area contributed by atoms with Gasteiger partial charge in [0.2, 0.25) is 0 Å². The van der Waals surface area contributed by atoms with Crippen LogP contribution in [0.4, 0.5) is 14.5 Å². The number of aliphatic hydroxyl groups is 2. The molecule has 6 nitrogen and oxygen atoms in total. The fourth-order valence-corrected chi connectivity index (χ4v) is 4.98. The van der Waals surface area contributed by atoms with Crippen molar-refractivity contribution in [3.63, 3.8) is 0 Å². The molecule has 2 saturated heterocycles. The molecule has 4 atom stereocenters. The van der Waals surface area contributed by atoms with Gasteiger partial charge in [0.05, 0.1) is 18.3 Å². The Balaban J connectivity index is 1.45. The van der Waals surface area contributed by atoms with Gasteiger partial charge in [-0.1, -0.05) is 30.4 Å². The lowest BCUT2D eigenvalue weighted by atomic mass is 9.83. The third-order valence-electron chi connectivity index (χ3n) is 7.07. The molecular weight excluding hydrogens is 430 g/mol. The Morgan fingerprint density at radius 1 is 1.27 bits per heavy atom. The molecule has 0 bridgehead atoms. The first-order chi connectivity index (χ1) is 15.9. The maximum Gasteiger partial charge on any atom is 0.387 e. The second kappa shape index (κ2) is 10.5. The van der Waals surface area contributed by atoms with Crippen molar-refractivity contribution in [2.75, 3.05) is 37.9 Å². The molecule has 33 heavy (non-hydrogen) atoms. The van der Waals surface area contributed by atoms with Gasteiger partial charge in [0, 0.05) is 48.8 Å². The minimum Gasteiger partial charge on any atom is -0.434 e. The molecular formula is C25H34F2N2O4. The molecule has 1 aromatic rings. The summed E-state index contributed by atoms with van der Waals surface area (Å²) >= 11 is 0. The van der Waals surface area contributed by atoms with Gasteiger partial charge in [-0.2, -0.15) is 8.78 Å². The highest BCUT2D eigenvalue weighted by Crippen LogP contribution is 2.34. The van der Waals surface area contributed by atoms with Crippen LogP contribution in [0.2, 0.25) is 0 Å². The minimum absolute atomic E-state index is 0.0648. The number of piperidine rings is 1. The number of nitrogens with zero attached hydrogens (tertiary/aromatic N) is 2. The number of rotatable bonds is 8. The van der Waals surface area contributed by atoms with Gasteiger partial charge in [-0.3, -0.25) is 4.90 Å². The number of hydrogen-bond acceptors (Lipinski definition) is 6. The molecule has 0 saturated carbocycles. The van der Waals surface area contributed by atoms with Gasteiger partial charge in [0.1, 0.15) is 12.5 Å². The molecule has 2 heterocycles. The van der Waals surface area contributed by atoms with Crippen LogP contribution >= 0.6 is 0 Å². The van der Waals surface area contributed by atoms with Crippen molar-refractivity contribution in [1.29, 1.82) is 0 Å². The monoisotopic (exact) mass is 464 g/mol. The maximum absolute atomic E-state index is 13.2. The van der Waals surface area contributed by atoms with E-state index in [1.807, 2.05) is 29.2 Å². The van der Waals surface area contributed by atoms with E-state index in [4.69, 9.17) is 9.47 Å². The van der Waals surface area contributed by atoms with Crippen LogP contribution in [-0.2, 0) is 11.3 Å². The van der Waals surface area contributed by atoms with Crippen LogP contribution in [0.15, 0.2) is 42.5 Å². The summed E-state index contributed by atoms with van der Waals surface area (Å²) in [5.41, 5.74) is 0.327. The molecule has 0 radical (unpaired) electrons. The summed E-state index contributed by atoms with van der Waals surface area (Å²) in [7, 11) is 0. The predicted octanol–water partition coefficient (Wildman–Crippen LogP) is 3.54. The van der Waals surface area contributed by atoms with Crippen molar-refractivity contribution in [2.45, 2.75) is 51.0 Å². The molecule has 1 aliphatic carbocycles. The van der Waals surface area contributed by atoms with Crippen LogP contribution in [-0.4, -0.2) is 66.4 Å². The van der Waals surface area contributed by atoms with Crippen LogP contribution in [0.3, 0.4) is 0 Å². The van der Waals surface area contributed by atoms with Gasteiger partial charge < -0.3 is 24.6 Å². The van der Waals surface area contributed by atoms with Gasteiger partial charge >= 0.3 is 6.61 Å². The number of anilines is 1. The number of likely N-dealkylation sites (tertiary alicyclic amines) is 1. The Hall–Kier alpha value is -2.00. The Labute approximate surface area is 194 Å². The van der Waals surface area contributed by atoms with Crippen LogP contribution in [0.1, 0.15) is 31.7 Å². The molecule has 2 aliphatic heterocycles. The summed E-state index contributed by atoms with van der Waals surface area (Å²) in [5.74, 6) is 0.416. The molecule has 3 aliphatic rings. The molecule has 8 heteroatoms. The second-order valence-electron chi connectivity index (χ2n) is 9.53. The maximum atomic E-state index is 13.2. The SMILES string of the molecule is C[C@@](O)(CO)[C@H]1CCCN(Cc2ccc(N3CO[C@H](C4C=CC=CC4)C3)cc2OC(F)F)C1. The van der Waals surface area contributed by atoms with Crippen molar-refractivity contribution in [2.24, 2.45) is 11.8 Å². The number of aliphatic hydroxyl groups excluding tert-OH is 1. The lowest BCUT2D eigenvalue weighted by molar-refractivity contribution is -0.0702. The van der Waals surface area contributed by atoms with Crippen molar-refractivity contribution >= 4 is 5.69 Å². The fraction of sp³-hybridized carbons (Fsp3) is 0.600. The summed E-state index contributed by atoms with van der Waals surface area (Å²) in [4.78, 5) is 4.18. The summed E-state index contributed by atoms with van der Waals surface area (Å²) in [5, 5.41) is 20.0. The molecule has 0 amide bonds. The average molecular weight is 465 g/mol. The van der Waals surface area contributed by atoms with Gasteiger partial charge in [-0.05, 0) is 38.8 Å². The summed E-state index contributed by atoms with van der Waals surface area (Å²) in [6.07, 6.45) is 11.1. The predicted molar refractivity (Wildman–Crippen MR) is 122 cm³/mol. The number of hydrogen-bond donors (Lipinski definition) is 2. The van der Waals surface area contributed by atoms with Gasteiger partial charge in [-0.25, -0.2) is 0 Å². The first-order valence-electron chi connectivity index (χ1n) is 11.7. The third kappa shape index (κ3) is 5.93. The van der Waals surface area contributed by atoms with Crippen molar-refractivity contribution in [3.05, 3.63) is 48.1 Å². The Morgan fingerprint density at radius 2 is 2.12 bits per heavy atom. The molecule has 1 unspecified atom stereocenters. The molecule has 2 N–H and O–H groups in total. The standard InChI is InChI=1S/C25H34F2N2O4/c1-25(31,16-30)20-8-5-11-28(14-20)13-19-9-10-21(12-22(19)33-24(26)27)29-15-23(32-17-29)18-6-3-2-4-7-18/h2-4,6,9-10,12,18,20,23-24,30-31H,5,7-8,11,13-17H2,1H3/t18?,20-,23-,25+/m0/s1. The number of allylic oxidation sites excluding steroid dienone is 3. The Morgan fingerprint density at radius 3 is 2.85 bits per heavy atom. The highest BCUT2D eigenvalue weighted by Gasteiger charge is 2.35. The topological polar surface area (TPSA) is 65.4 Å². The van der Waals surface area contributed by atoms with Crippen molar-refractivity contribution < 1.29 is 28.5 Å². The Bertz CT molecular complexity index is 861. The molecule has 2 fully saturated rings. The molecule has 182 valence electrons. The minimum atomic E-state index is -2.91. The molecule has 0 aromatic heterocycles. The highest BCUT2D eigenvalue weighted by atomic mass is 19.3. The zero-order valence-corrected chi connectivity index (χ0v) is 19.1. The van der Waals surface area contributed by atoms with Gasteiger partial charge in [-0.15, -0.1) is 0 Å². The van der Waals surface area contributed by atoms with E-state index in [9.17, 15) is 19.0 Å². The largest absolute Gasteiger partial charge is 0.434 e. The van der Waals surface area contributed by atoms with Gasteiger partial charge in [0.25, 0.3) is 0 Å². The lowest BCUT2D eigenvalue weighted by Crippen LogP contribution is -2.47. The average Bonchev–Trinajstić information content (AvgIpc) is 3.31. The van der Waals surface area contributed by atoms with E-state index in [-0.39, 0.29) is 24.4 Å².